The van der Waals surface area contributed by atoms with Gasteiger partial charge in [0, 0.05) is 11.8 Å². The van der Waals surface area contributed by atoms with Gasteiger partial charge in [-0.05, 0) is 24.3 Å². The number of methoxy groups -OCH3 is 1. The molecule has 4 nitrogen and oxygen atoms in total. The highest BCUT2D eigenvalue weighted by Crippen LogP contribution is 2.25. The highest BCUT2D eigenvalue weighted by Gasteiger charge is 2.08. The molecule has 0 radical (unpaired) electrons. The highest BCUT2D eigenvalue weighted by atomic mass is 19.1. The summed E-state index contributed by atoms with van der Waals surface area (Å²) < 4.78 is 18.5. The number of nitrogens with zero attached hydrogens (tertiary/aromatic N) is 2. The van der Waals surface area contributed by atoms with Crippen molar-refractivity contribution in [3.63, 3.8) is 0 Å². The average molecular weight is 243 g/mol. The fraction of sp³-hybridized carbons (Fsp3) is 0.0769. The van der Waals surface area contributed by atoms with Crippen LogP contribution < -0.4 is 4.74 Å². The molecule has 0 saturated carbocycles. The zero-order chi connectivity index (χ0) is 12.5. The number of hydrogen-bond acceptors (Lipinski definition) is 3. The number of hydrogen-bond donors (Lipinski definition) is 1. The Kier molecular flexibility index (Phi) is 2.44. The topological polar surface area (TPSA) is 50.8 Å². The molecule has 2 heterocycles. The monoisotopic (exact) mass is 243 g/mol. The van der Waals surface area contributed by atoms with E-state index < -0.39 is 5.82 Å². The first-order valence-electron chi connectivity index (χ1n) is 5.41. The minimum absolute atomic E-state index is 0.219. The van der Waals surface area contributed by atoms with Crippen LogP contribution in [0.4, 0.5) is 4.39 Å². The number of fused-ring (bicyclic) bond motifs is 1. The first-order valence-corrected chi connectivity index (χ1v) is 5.41. The molecule has 0 spiro atoms. The van der Waals surface area contributed by atoms with E-state index in [1.54, 1.807) is 30.6 Å². The Hall–Kier alpha value is -2.43. The fourth-order valence-electron chi connectivity index (χ4n) is 1.81. The van der Waals surface area contributed by atoms with Gasteiger partial charge in [0.15, 0.2) is 11.6 Å². The van der Waals surface area contributed by atoms with Crippen molar-refractivity contribution in [2.45, 2.75) is 0 Å². The van der Waals surface area contributed by atoms with E-state index in [-0.39, 0.29) is 5.75 Å². The summed E-state index contributed by atoms with van der Waals surface area (Å²) in [6.45, 7) is 0. The molecule has 0 amide bonds. The fourth-order valence-corrected chi connectivity index (χ4v) is 1.81. The number of rotatable bonds is 2. The maximum atomic E-state index is 13.6. The molecule has 1 N–H and O–H groups in total. The first kappa shape index (κ1) is 10.7. The Morgan fingerprint density at radius 1 is 1.28 bits per heavy atom. The van der Waals surface area contributed by atoms with Gasteiger partial charge in [0.25, 0.3) is 0 Å². The number of aromatic amines is 1. The number of pyridine rings is 1. The van der Waals surface area contributed by atoms with E-state index in [0.717, 1.165) is 11.0 Å². The SMILES string of the molecule is COc1ccc(-c2nc3ccncc3[nH]2)cc1F. The van der Waals surface area contributed by atoms with Crippen LogP contribution in [0.3, 0.4) is 0 Å². The predicted octanol–water partition coefficient (Wildman–Crippen LogP) is 2.77. The van der Waals surface area contributed by atoms with E-state index in [1.165, 1.54) is 13.2 Å². The van der Waals surface area contributed by atoms with Crippen LogP contribution >= 0.6 is 0 Å². The molecule has 0 aliphatic rings. The lowest BCUT2D eigenvalue weighted by Crippen LogP contribution is -1.89. The molecule has 1 aromatic carbocycles. The third-order valence-electron chi connectivity index (χ3n) is 2.71. The van der Waals surface area contributed by atoms with Crippen LogP contribution in [-0.4, -0.2) is 22.1 Å². The van der Waals surface area contributed by atoms with Crippen molar-refractivity contribution in [3.05, 3.63) is 42.5 Å². The number of ether oxygens (including phenoxy) is 1. The van der Waals surface area contributed by atoms with Gasteiger partial charge in [-0.15, -0.1) is 0 Å². The Bertz CT molecular complexity index is 675. The van der Waals surface area contributed by atoms with Crippen LogP contribution in [0.25, 0.3) is 22.4 Å². The summed E-state index contributed by atoms with van der Waals surface area (Å²) in [4.78, 5) is 11.5. The maximum absolute atomic E-state index is 13.6. The normalized spacial score (nSPS) is 10.8. The van der Waals surface area contributed by atoms with Crippen molar-refractivity contribution in [1.29, 1.82) is 0 Å². The molecule has 5 heteroatoms. The van der Waals surface area contributed by atoms with Crippen molar-refractivity contribution in [1.82, 2.24) is 15.0 Å². The van der Waals surface area contributed by atoms with Gasteiger partial charge >= 0.3 is 0 Å². The molecule has 0 unspecified atom stereocenters. The maximum Gasteiger partial charge on any atom is 0.165 e. The van der Waals surface area contributed by atoms with E-state index in [2.05, 4.69) is 15.0 Å². The van der Waals surface area contributed by atoms with Crippen LogP contribution in [0.15, 0.2) is 36.7 Å². The number of H-pyrrole nitrogens is 1. The molecule has 3 rings (SSSR count). The smallest absolute Gasteiger partial charge is 0.165 e. The van der Waals surface area contributed by atoms with E-state index in [0.29, 0.717) is 11.4 Å². The summed E-state index contributed by atoms with van der Waals surface area (Å²) in [7, 11) is 1.44. The van der Waals surface area contributed by atoms with Crippen LogP contribution in [0.2, 0.25) is 0 Å². The van der Waals surface area contributed by atoms with Crippen molar-refractivity contribution in [2.24, 2.45) is 0 Å². The summed E-state index contributed by atoms with van der Waals surface area (Å²) in [5.74, 6) is 0.421. The number of aromatic nitrogens is 3. The third-order valence-corrected chi connectivity index (χ3v) is 2.71. The van der Waals surface area contributed by atoms with E-state index in [9.17, 15) is 4.39 Å². The molecule has 0 aliphatic carbocycles. The van der Waals surface area contributed by atoms with Gasteiger partial charge < -0.3 is 9.72 Å². The van der Waals surface area contributed by atoms with Gasteiger partial charge in [-0.1, -0.05) is 0 Å². The number of halogens is 1. The third kappa shape index (κ3) is 1.69. The largest absolute Gasteiger partial charge is 0.494 e. The van der Waals surface area contributed by atoms with Crippen molar-refractivity contribution < 1.29 is 9.13 Å². The minimum Gasteiger partial charge on any atom is -0.494 e. The Labute approximate surface area is 102 Å². The molecular weight excluding hydrogens is 233 g/mol. The quantitative estimate of drug-likeness (QED) is 0.753. The summed E-state index contributed by atoms with van der Waals surface area (Å²) in [5, 5.41) is 0. The van der Waals surface area contributed by atoms with Gasteiger partial charge in [0.2, 0.25) is 0 Å². The molecule has 0 aliphatic heterocycles. The van der Waals surface area contributed by atoms with Gasteiger partial charge in [0.05, 0.1) is 24.3 Å². The lowest BCUT2D eigenvalue weighted by molar-refractivity contribution is 0.386. The molecule has 0 fully saturated rings. The second kappa shape index (κ2) is 4.10. The standard InChI is InChI=1S/C13H10FN3O/c1-18-12-3-2-8(6-9(12)14)13-16-10-4-5-15-7-11(10)17-13/h2-7H,1H3,(H,16,17). The summed E-state index contributed by atoms with van der Waals surface area (Å²) >= 11 is 0. The second-order valence-electron chi connectivity index (χ2n) is 3.83. The molecule has 0 bridgehead atoms. The van der Waals surface area contributed by atoms with E-state index >= 15 is 0 Å². The van der Waals surface area contributed by atoms with Crippen molar-refractivity contribution in [2.75, 3.05) is 7.11 Å². The first-order chi connectivity index (χ1) is 8.78. The van der Waals surface area contributed by atoms with Crippen LogP contribution in [0.5, 0.6) is 5.75 Å². The Morgan fingerprint density at radius 3 is 2.89 bits per heavy atom. The van der Waals surface area contributed by atoms with Gasteiger partial charge in [0.1, 0.15) is 5.82 Å². The predicted molar refractivity (Wildman–Crippen MR) is 65.8 cm³/mol. The van der Waals surface area contributed by atoms with Gasteiger partial charge in [-0.25, -0.2) is 9.37 Å². The average Bonchev–Trinajstić information content (AvgIpc) is 2.82. The second-order valence-corrected chi connectivity index (χ2v) is 3.83. The Morgan fingerprint density at radius 2 is 2.17 bits per heavy atom. The molecule has 90 valence electrons. The molecular formula is C13H10FN3O. The van der Waals surface area contributed by atoms with Crippen LogP contribution in [-0.2, 0) is 0 Å². The van der Waals surface area contributed by atoms with Crippen LogP contribution in [0.1, 0.15) is 0 Å². The van der Waals surface area contributed by atoms with Gasteiger partial charge in [-0.2, -0.15) is 0 Å². The van der Waals surface area contributed by atoms with E-state index in [1.807, 2.05) is 0 Å². The number of nitrogens with one attached hydrogen (secondary N) is 1. The lowest BCUT2D eigenvalue weighted by atomic mass is 10.2. The van der Waals surface area contributed by atoms with Crippen molar-refractivity contribution in [3.8, 4) is 17.1 Å². The summed E-state index contributed by atoms with van der Waals surface area (Å²) in [6.07, 6.45) is 3.35. The zero-order valence-electron chi connectivity index (χ0n) is 9.64. The molecule has 0 saturated heterocycles. The zero-order valence-corrected chi connectivity index (χ0v) is 9.64. The highest BCUT2D eigenvalue weighted by molar-refractivity contribution is 5.78. The molecule has 2 aromatic heterocycles. The number of benzene rings is 1. The number of imidazole rings is 1. The van der Waals surface area contributed by atoms with E-state index in [4.69, 9.17) is 4.74 Å². The lowest BCUT2D eigenvalue weighted by Gasteiger charge is -2.02. The minimum atomic E-state index is -0.409. The van der Waals surface area contributed by atoms with Crippen molar-refractivity contribution >= 4 is 11.0 Å². The summed E-state index contributed by atoms with van der Waals surface area (Å²) in [5.41, 5.74) is 2.30. The Balaban J connectivity index is 2.11. The molecule has 18 heavy (non-hydrogen) atoms. The van der Waals surface area contributed by atoms with Crippen LogP contribution in [0, 0.1) is 5.82 Å². The molecule has 0 atom stereocenters. The summed E-state index contributed by atoms with van der Waals surface area (Å²) in [6, 6.07) is 6.53. The molecule has 3 aromatic rings. The van der Waals surface area contributed by atoms with Gasteiger partial charge in [-0.3, -0.25) is 4.98 Å².